The summed E-state index contributed by atoms with van der Waals surface area (Å²) in [5.41, 5.74) is -2.11. The standard InChI is InChI=1S/C10H13FN2O6/c1-18-3-5-6(14)7(15)9(19-5)13-2-4(11)8(16)12-10(13)17/h2,5-7,9,14-15H,3H2,1H3,(H,12,16,17)/t5-,6-,7-,9-/m1/s1. The highest BCUT2D eigenvalue weighted by Crippen LogP contribution is 2.28. The number of methoxy groups -OCH3 is 1. The summed E-state index contributed by atoms with van der Waals surface area (Å²) in [4.78, 5) is 24.2. The number of aliphatic hydroxyl groups is 2. The van der Waals surface area contributed by atoms with Crippen molar-refractivity contribution >= 4 is 0 Å². The number of aromatic nitrogens is 2. The zero-order valence-corrected chi connectivity index (χ0v) is 9.95. The van der Waals surface area contributed by atoms with Crippen LogP contribution in [0.2, 0.25) is 0 Å². The van der Waals surface area contributed by atoms with Crippen LogP contribution in [0.5, 0.6) is 0 Å². The van der Waals surface area contributed by atoms with Crippen LogP contribution in [-0.2, 0) is 9.47 Å². The molecule has 19 heavy (non-hydrogen) atoms. The van der Waals surface area contributed by atoms with E-state index in [0.29, 0.717) is 10.8 Å². The van der Waals surface area contributed by atoms with Crippen molar-refractivity contribution in [1.82, 2.24) is 9.55 Å². The number of H-pyrrole nitrogens is 1. The summed E-state index contributed by atoms with van der Waals surface area (Å²) in [5, 5.41) is 19.5. The van der Waals surface area contributed by atoms with Gasteiger partial charge >= 0.3 is 5.69 Å². The molecule has 3 N–H and O–H groups in total. The monoisotopic (exact) mass is 276 g/mol. The molecule has 1 aromatic rings. The van der Waals surface area contributed by atoms with Crippen LogP contribution >= 0.6 is 0 Å². The van der Waals surface area contributed by atoms with Gasteiger partial charge in [-0.3, -0.25) is 14.3 Å². The van der Waals surface area contributed by atoms with Gasteiger partial charge in [0, 0.05) is 7.11 Å². The molecular weight excluding hydrogens is 263 g/mol. The van der Waals surface area contributed by atoms with Gasteiger partial charge in [-0.05, 0) is 0 Å². The normalized spacial score (nSPS) is 30.7. The van der Waals surface area contributed by atoms with Crippen molar-refractivity contribution in [1.29, 1.82) is 0 Å². The lowest BCUT2D eigenvalue weighted by molar-refractivity contribution is -0.0618. The Bertz CT molecular complexity index is 570. The number of nitrogens with zero attached hydrogens (tertiary/aromatic N) is 1. The number of hydrogen-bond donors (Lipinski definition) is 3. The minimum Gasteiger partial charge on any atom is -0.387 e. The second-order valence-electron chi connectivity index (χ2n) is 4.15. The molecule has 0 unspecified atom stereocenters. The Morgan fingerprint density at radius 2 is 2.16 bits per heavy atom. The van der Waals surface area contributed by atoms with E-state index in [1.165, 1.54) is 7.11 Å². The molecular formula is C10H13FN2O6. The van der Waals surface area contributed by atoms with Crippen LogP contribution in [-0.4, -0.2) is 51.8 Å². The van der Waals surface area contributed by atoms with Crippen molar-refractivity contribution in [2.45, 2.75) is 24.5 Å². The van der Waals surface area contributed by atoms with Gasteiger partial charge in [0.05, 0.1) is 12.8 Å². The summed E-state index contributed by atoms with van der Waals surface area (Å²) in [7, 11) is 1.38. The zero-order valence-electron chi connectivity index (χ0n) is 9.95. The van der Waals surface area contributed by atoms with E-state index >= 15 is 0 Å². The number of ether oxygens (including phenoxy) is 2. The average Bonchev–Trinajstić information content (AvgIpc) is 2.63. The van der Waals surface area contributed by atoms with E-state index in [-0.39, 0.29) is 6.61 Å². The zero-order chi connectivity index (χ0) is 14.2. The van der Waals surface area contributed by atoms with Crippen molar-refractivity contribution < 1.29 is 24.1 Å². The van der Waals surface area contributed by atoms with Crippen LogP contribution in [0.15, 0.2) is 15.8 Å². The van der Waals surface area contributed by atoms with Crippen molar-refractivity contribution in [3.63, 3.8) is 0 Å². The molecule has 1 aromatic heterocycles. The lowest BCUT2D eigenvalue weighted by Gasteiger charge is -2.16. The number of rotatable bonds is 3. The van der Waals surface area contributed by atoms with Crippen molar-refractivity contribution in [2.75, 3.05) is 13.7 Å². The van der Waals surface area contributed by atoms with Crippen molar-refractivity contribution in [2.24, 2.45) is 0 Å². The van der Waals surface area contributed by atoms with Crippen LogP contribution in [0.25, 0.3) is 0 Å². The molecule has 9 heteroatoms. The third kappa shape index (κ3) is 2.45. The first kappa shape index (κ1) is 13.9. The molecule has 2 rings (SSSR count). The molecule has 0 aromatic carbocycles. The minimum atomic E-state index is -1.44. The van der Waals surface area contributed by atoms with Crippen LogP contribution in [0.3, 0.4) is 0 Å². The molecule has 1 saturated heterocycles. The molecule has 0 saturated carbocycles. The Kier molecular flexibility index (Phi) is 3.80. The summed E-state index contributed by atoms with van der Waals surface area (Å²) >= 11 is 0. The predicted molar refractivity (Wildman–Crippen MR) is 59.1 cm³/mol. The van der Waals surface area contributed by atoms with E-state index < -0.39 is 41.6 Å². The van der Waals surface area contributed by atoms with Gasteiger partial charge in [-0.2, -0.15) is 4.39 Å². The number of halogens is 1. The number of hydrogen-bond acceptors (Lipinski definition) is 6. The van der Waals surface area contributed by atoms with Gasteiger partial charge in [0.15, 0.2) is 6.23 Å². The van der Waals surface area contributed by atoms with Crippen molar-refractivity contribution in [3.05, 3.63) is 32.9 Å². The molecule has 8 nitrogen and oxygen atoms in total. The van der Waals surface area contributed by atoms with E-state index in [1.807, 2.05) is 0 Å². The Morgan fingerprint density at radius 1 is 1.47 bits per heavy atom. The lowest BCUT2D eigenvalue weighted by atomic mass is 10.1. The summed E-state index contributed by atoms with van der Waals surface area (Å²) in [6.07, 6.45) is -4.26. The maximum absolute atomic E-state index is 13.2. The first-order chi connectivity index (χ1) is 8.95. The highest BCUT2D eigenvalue weighted by molar-refractivity contribution is 4.94. The fraction of sp³-hybridized carbons (Fsp3) is 0.600. The minimum absolute atomic E-state index is 0.00465. The van der Waals surface area contributed by atoms with E-state index in [2.05, 4.69) is 0 Å². The molecule has 1 fully saturated rings. The predicted octanol–water partition coefficient (Wildman–Crippen LogP) is -2.06. The van der Waals surface area contributed by atoms with E-state index in [9.17, 15) is 24.2 Å². The van der Waals surface area contributed by atoms with Gasteiger partial charge < -0.3 is 19.7 Å². The number of aliphatic hydroxyl groups excluding tert-OH is 2. The number of nitrogens with one attached hydrogen (secondary N) is 1. The summed E-state index contributed by atoms with van der Waals surface area (Å²) in [6, 6.07) is 0. The highest BCUT2D eigenvalue weighted by Gasteiger charge is 2.44. The molecule has 0 spiro atoms. The first-order valence-electron chi connectivity index (χ1n) is 5.47. The molecule has 1 aliphatic rings. The summed E-state index contributed by atoms with van der Waals surface area (Å²) in [6.45, 7) is -0.00465. The maximum atomic E-state index is 13.2. The second kappa shape index (κ2) is 5.21. The molecule has 1 aliphatic heterocycles. The van der Waals surface area contributed by atoms with Crippen LogP contribution in [0.4, 0.5) is 4.39 Å². The Balaban J connectivity index is 2.35. The van der Waals surface area contributed by atoms with Gasteiger partial charge in [0.25, 0.3) is 5.56 Å². The van der Waals surface area contributed by atoms with Gasteiger partial charge in [-0.1, -0.05) is 0 Å². The number of aromatic amines is 1. The summed E-state index contributed by atoms with van der Waals surface area (Å²) < 4.78 is 23.9. The lowest BCUT2D eigenvalue weighted by Crippen LogP contribution is -2.38. The van der Waals surface area contributed by atoms with E-state index in [1.54, 1.807) is 4.98 Å². The second-order valence-corrected chi connectivity index (χ2v) is 4.15. The van der Waals surface area contributed by atoms with Crippen LogP contribution < -0.4 is 11.2 Å². The third-order valence-electron chi connectivity index (χ3n) is 2.87. The molecule has 0 amide bonds. The Hall–Kier alpha value is -1.55. The van der Waals surface area contributed by atoms with Crippen molar-refractivity contribution in [3.8, 4) is 0 Å². The van der Waals surface area contributed by atoms with Gasteiger partial charge in [-0.15, -0.1) is 0 Å². The molecule has 4 atom stereocenters. The fourth-order valence-corrected chi connectivity index (χ4v) is 1.91. The van der Waals surface area contributed by atoms with Gasteiger partial charge in [0.2, 0.25) is 5.82 Å². The average molecular weight is 276 g/mol. The summed E-state index contributed by atoms with van der Waals surface area (Å²) in [5.74, 6) is -1.19. The molecule has 0 radical (unpaired) electrons. The smallest absolute Gasteiger partial charge is 0.330 e. The first-order valence-corrected chi connectivity index (χ1v) is 5.47. The molecule has 0 bridgehead atoms. The van der Waals surface area contributed by atoms with Crippen LogP contribution in [0.1, 0.15) is 6.23 Å². The largest absolute Gasteiger partial charge is 0.387 e. The van der Waals surface area contributed by atoms with Crippen LogP contribution in [0, 0.1) is 5.82 Å². The Labute approximate surface area is 106 Å². The molecule has 0 aliphatic carbocycles. The Morgan fingerprint density at radius 3 is 2.79 bits per heavy atom. The molecule has 2 heterocycles. The van der Waals surface area contributed by atoms with E-state index in [0.717, 1.165) is 0 Å². The molecule has 106 valence electrons. The van der Waals surface area contributed by atoms with E-state index in [4.69, 9.17) is 9.47 Å². The third-order valence-corrected chi connectivity index (χ3v) is 2.87. The highest BCUT2D eigenvalue weighted by atomic mass is 19.1. The quantitative estimate of drug-likeness (QED) is 0.585. The van der Waals surface area contributed by atoms with Gasteiger partial charge in [-0.25, -0.2) is 4.79 Å². The van der Waals surface area contributed by atoms with Gasteiger partial charge in [0.1, 0.15) is 18.3 Å². The fourth-order valence-electron chi connectivity index (χ4n) is 1.91. The maximum Gasteiger partial charge on any atom is 0.330 e. The SMILES string of the molecule is COC[C@H]1O[C@@H](n2cc(F)c(=O)[nH]c2=O)[C@H](O)[C@@H]1O. The topological polar surface area (TPSA) is 114 Å².